The lowest BCUT2D eigenvalue weighted by atomic mass is 10.3. The van der Waals surface area contributed by atoms with Gasteiger partial charge in [-0.05, 0) is 30.7 Å². The van der Waals surface area contributed by atoms with E-state index in [9.17, 15) is 23.3 Å². The van der Waals surface area contributed by atoms with Gasteiger partial charge >= 0.3 is 11.6 Å². The summed E-state index contributed by atoms with van der Waals surface area (Å²) in [6, 6.07) is 6.06. The van der Waals surface area contributed by atoms with Gasteiger partial charge in [-0.15, -0.1) is 5.10 Å². The summed E-state index contributed by atoms with van der Waals surface area (Å²) in [7, 11) is -2.50. The third-order valence-electron chi connectivity index (χ3n) is 4.26. The summed E-state index contributed by atoms with van der Waals surface area (Å²) < 4.78 is 33.3. The van der Waals surface area contributed by atoms with Crippen LogP contribution >= 0.6 is 0 Å². The van der Waals surface area contributed by atoms with E-state index in [0.29, 0.717) is 18.7 Å². The smallest absolute Gasteiger partial charge is 0.350 e. The number of benzene rings is 1. The molecule has 12 heteroatoms. The fourth-order valence-electron chi connectivity index (χ4n) is 2.88. The number of carbonyl (C=O) groups excluding carboxylic acids is 1. The van der Waals surface area contributed by atoms with Crippen LogP contribution in [0.1, 0.15) is 12.8 Å². The van der Waals surface area contributed by atoms with E-state index in [1.54, 1.807) is 17.0 Å². The van der Waals surface area contributed by atoms with Crippen molar-refractivity contribution in [2.75, 3.05) is 25.1 Å². The van der Waals surface area contributed by atoms with Crippen molar-refractivity contribution >= 4 is 27.3 Å². The molecule has 150 valence electrons. The van der Waals surface area contributed by atoms with Crippen molar-refractivity contribution in [3.05, 3.63) is 40.6 Å². The number of anilines is 1. The highest BCUT2D eigenvalue weighted by Gasteiger charge is 2.23. The Bertz CT molecular complexity index is 985. The van der Waals surface area contributed by atoms with E-state index in [1.165, 1.54) is 30.1 Å². The second-order valence-electron chi connectivity index (χ2n) is 6.08. The van der Waals surface area contributed by atoms with Gasteiger partial charge in [-0.1, -0.05) is 0 Å². The first-order chi connectivity index (χ1) is 13.3. The summed E-state index contributed by atoms with van der Waals surface area (Å²) in [5.74, 6) is -0.114. The maximum atomic E-state index is 12.4. The molecule has 28 heavy (non-hydrogen) atoms. The average molecular weight is 409 g/mol. The lowest BCUT2D eigenvalue weighted by Gasteiger charge is -2.16. The Morgan fingerprint density at radius 2 is 2.04 bits per heavy atom. The van der Waals surface area contributed by atoms with Crippen LogP contribution in [0.5, 0.6) is 5.88 Å². The molecule has 0 aliphatic carbocycles. The van der Waals surface area contributed by atoms with Gasteiger partial charge in [-0.2, -0.15) is 0 Å². The Morgan fingerprint density at radius 1 is 1.32 bits per heavy atom. The van der Waals surface area contributed by atoms with Crippen molar-refractivity contribution in [3.63, 3.8) is 0 Å². The Balaban J connectivity index is 1.62. The molecule has 11 nitrogen and oxygen atoms in total. The van der Waals surface area contributed by atoms with Crippen molar-refractivity contribution in [1.29, 1.82) is 0 Å². The van der Waals surface area contributed by atoms with Crippen molar-refractivity contribution in [3.8, 4) is 5.88 Å². The van der Waals surface area contributed by atoms with Gasteiger partial charge in [0.05, 0.1) is 23.5 Å². The highest BCUT2D eigenvalue weighted by Crippen LogP contribution is 2.24. The molecule has 1 aliphatic heterocycles. The van der Waals surface area contributed by atoms with E-state index in [4.69, 9.17) is 4.74 Å². The summed E-state index contributed by atoms with van der Waals surface area (Å²) in [6.07, 6.45) is 2.46. The van der Waals surface area contributed by atoms with Crippen LogP contribution in [0, 0.1) is 10.1 Å². The molecule has 0 radical (unpaired) electrons. The van der Waals surface area contributed by atoms with Gasteiger partial charge in [-0.3, -0.25) is 19.6 Å². The molecule has 0 bridgehead atoms. The van der Waals surface area contributed by atoms with Crippen molar-refractivity contribution < 1.29 is 22.9 Å². The largest absolute Gasteiger partial charge is 0.475 e. The van der Waals surface area contributed by atoms with Crippen LogP contribution in [0.2, 0.25) is 0 Å². The topological polar surface area (TPSA) is 137 Å². The molecular formula is C16H19N5O6S. The molecule has 1 aromatic heterocycles. The molecule has 0 spiro atoms. The molecule has 0 unspecified atom stereocenters. The number of nitro groups is 1. The summed E-state index contributed by atoms with van der Waals surface area (Å²) in [5.41, 5.74) is 0.370. The predicted molar refractivity (Wildman–Crippen MR) is 98.7 cm³/mol. The number of hydrogen-bond donors (Lipinski definition) is 1. The maximum absolute atomic E-state index is 12.4. The van der Waals surface area contributed by atoms with Crippen LogP contribution in [0.3, 0.4) is 0 Å². The number of rotatable bonds is 8. The number of aromatic nitrogens is 2. The minimum atomic E-state index is -3.77. The van der Waals surface area contributed by atoms with Gasteiger partial charge in [0, 0.05) is 25.2 Å². The lowest BCUT2D eigenvalue weighted by molar-refractivity contribution is -0.385. The molecule has 1 aromatic carbocycles. The Labute approximate surface area is 161 Å². The Hall–Kier alpha value is -2.99. The molecule has 0 saturated carbocycles. The first-order valence-electron chi connectivity index (χ1n) is 8.48. The molecule has 2 heterocycles. The van der Waals surface area contributed by atoms with Gasteiger partial charge in [-0.25, -0.2) is 13.1 Å². The van der Waals surface area contributed by atoms with Gasteiger partial charge in [0.2, 0.25) is 15.9 Å². The minimum absolute atomic E-state index is 0.0172. The van der Waals surface area contributed by atoms with Crippen LogP contribution in [-0.2, 0) is 21.4 Å². The lowest BCUT2D eigenvalue weighted by Crippen LogP contribution is -2.28. The number of nitrogens with one attached hydrogen (secondary N) is 1. The molecule has 1 saturated heterocycles. The fraction of sp³-hybridized carbons (Fsp3) is 0.375. The normalized spacial score (nSPS) is 14.5. The Kier molecular flexibility index (Phi) is 5.61. The number of methoxy groups -OCH3 is 1. The Morgan fingerprint density at radius 3 is 2.57 bits per heavy atom. The predicted octanol–water partition coefficient (Wildman–Crippen LogP) is 0.905. The van der Waals surface area contributed by atoms with E-state index in [-0.39, 0.29) is 35.5 Å². The first-order valence-corrected chi connectivity index (χ1v) is 9.96. The monoisotopic (exact) mass is 409 g/mol. The van der Waals surface area contributed by atoms with E-state index in [2.05, 4.69) is 9.82 Å². The molecule has 1 amide bonds. The van der Waals surface area contributed by atoms with Gasteiger partial charge in [0.25, 0.3) is 0 Å². The quantitative estimate of drug-likeness (QED) is 0.505. The maximum Gasteiger partial charge on any atom is 0.350 e. The number of carbonyl (C=O) groups is 1. The van der Waals surface area contributed by atoms with Crippen LogP contribution in [-0.4, -0.2) is 49.2 Å². The zero-order valence-electron chi connectivity index (χ0n) is 15.1. The van der Waals surface area contributed by atoms with Crippen LogP contribution in [0.4, 0.5) is 11.4 Å². The standard InChI is InChI=1S/C16H19N5O6S/c1-27-16-14(21(23)24)11-19(18-16)10-8-17-28(25,26)13-6-4-12(5-7-13)20-9-2-3-15(20)22/h4-7,11,17H,2-3,8-10H2,1H3. The molecule has 0 atom stereocenters. The number of nitrogens with zero attached hydrogens (tertiary/aromatic N) is 4. The van der Waals surface area contributed by atoms with Gasteiger partial charge < -0.3 is 9.64 Å². The summed E-state index contributed by atoms with van der Waals surface area (Å²) in [6.45, 7) is 0.698. The molecule has 1 fully saturated rings. The number of hydrogen-bond acceptors (Lipinski definition) is 7. The SMILES string of the molecule is COc1nn(CCNS(=O)(=O)c2ccc(N3CCCC3=O)cc2)cc1[N+](=O)[O-]. The van der Waals surface area contributed by atoms with E-state index < -0.39 is 14.9 Å². The average Bonchev–Trinajstić information content (AvgIpc) is 3.28. The van der Waals surface area contributed by atoms with Crippen molar-refractivity contribution in [1.82, 2.24) is 14.5 Å². The second kappa shape index (κ2) is 7.94. The van der Waals surface area contributed by atoms with Crippen LogP contribution < -0.4 is 14.4 Å². The molecule has 1 N–H and O–H groups in total. The minimum Gasteiger partial charge on any atom is -0.475 e. The second-order valence-corrected chi connectivity index (χ2v) is 7.85. The number of ether oxygens (including phenoxy) is 1. The first kappa shape index (κ1) is 19.8. The summed E-state index contributed by atoms with van der Waals surface area (Å²) in [5, 5.41) is 14.8. The van der Waals surface area contributed by atoms with Gasteiger partial charge in [0.1, 0.15) is 6.20 Å². The van der Waals surface area contributed by atoms with E-state index in [0.717, 1.165) is 6.42 Å². The fourth-order valence-corrected chi connectivity index (χ4v) is 3.90. The summed E-state index contributed by atoms with van der Waals surface area (Å²) >= 11 is 0. The zero-order valence-corrected chi connectivity index (χ0v) is 15.9. The number of amides is 1. The highest BCUT2D eigenvalue weighted by atomic mass is 32.2. The zero-order chi connectivity index (χ0) is 20.3. The molecule has 1 aliphatic rings. The van der Waals surface area contributed by atoms with E-state index >= 15 is 0 Å². The third kappa shape index (κ3) is 4.12. The van der Waals surface area contributed by atoms with Crippen molar-refractivity contribution in [2.45, 2.75) is 24.3 Å². The van der Waals surface area contributed by atoms with E-state index in [1.807, 2.05) is 0 Å². The molecular weight excluding hydrogens is 390 g/mol. The third-order valence-corrected chi connectivity index (χ3v) is 5.74. The van der Waals surface area contributed by atoms with Crippen LogP contribution in [0.15, 0.2) is 35.4 Å². The van der Waals surface area contributed by atoms with Gasteiger partial charge in [0.15, 0.2) is 0 Å². The molecule has 2 aromatic rings. The van der Waals surface area contributed by atoms with Crippen LogP contribution in [0.25, 0.3) is 0 Å². The van der Waals surface area contributed by atoms with Crippen molar-refractivity contribution in [2.24, 2.45) is 0 Å². The summed E-state index contributed by atoms with van der Waals surface area (Å²) in [4.78, 5) is 23.7. The number of sulfonamides is 1. The molecule has 3 rings (SSSR count). The highest BCUT2D eigenvalue weighted by molar-refractivity contribution is 7.89.